The molecule has 1 fully saturated rings. The molecular weight excluding hydrogens is 181 g/mol. The molecule has 76 valence electrons. The second kappa shape index (κ2) is 3.33. The van der Waals surface area contributed by atoms with Crippen LogP contribution in [-0.4, -0.2) is 28.7 Å². The van der Waals surface area contributed by atoms with Crippen molar-refractivity contribution in [3.63, 3.8) is 0 Å². The first-order valence-electron chi connectivity index (χ1n) is 4.74. The van der Waals surface area contributed by atoms with E-state index >= 15 is 0 Å². The van der Waals surface area contributed by atoms with Gasteiger partial charge in [0.2, 0.25) is 0 Å². The smallest absolute Gasteiger partial charge is 0.123 e. The number of nitrogens with zero attached hydrogens (tertiary/aromatic N) is 1. The first kappa shape index (κ1) is 9.62. The zero-order chi connectivity index (χ0) is 10.2. The van der Waals surface area contributed by atoms with E-state index < -0.39 is 5.60 Å². The van der Waals surface area contributed by atoms with Crippen molar-refractivity contribution in [3.8, 4) is 0 Å². The average Bonchev–Trinajstić information content (AvgIpc) is 2.06. The van der Waals surface area contributed by atoms with Gasteiger partial charge in [-0.15, -0.1) is 0 Å². The monoisotopic (exact) mass is 195 g/mol. The summed E-state index contributed by atoms with van der Waals surface area (Å²) < 4.78 is 12.6. The van der Waals surface area contributed by atoms with Crippen molar-refractivity contribution in [2.24, 2.45) is 0 Å². The minimum atomic E-state index is -0.528. The number of rotatable bonds is 2. The molecule has 1 N–H and O–H groups in total. The number of halogens is 1. The highest BCUT2D eigenvalue weighted by atomic mass is 19.1. The lowest BCUT2D eigenvalue weighted by atomic mass is 9.96. The Labute approximate surface area is 83.0 Å². The second-order valence-corrected chi connectivity index (χ2v) is 4.27. The molecule has 1 aromatic carbocycles. The van der Waals surface area contributed by atoms with E-state index in [4.69, 9.17) is 0 Å². The summed E-state index contributed by atoms with van der Waals surface area (Å²) in [6.45, 7) is 4.01. The number of β-amino-alcohol motifs (C(OH)–C–C–N with tert-alkyl or cyclic N) is 1. The largest absolute Gasteiger partial charge is 0.388 e. The Morgan fingerprint density at radius 3 is 2.43 bits per heavy atom. The quantitative estimate of drug-likeness (QED) is 0.771. The number of likely N-dealkylation sites (tertiary alicyclic amines) is 1. The van der Waals surface area contributed by atoms with Crippen LogP contribution < -0.4 is 0 Å². The number of aliphatic hydroxyl groups is 1. The number of benzene rings is 1. The standard InChI is InChI=1S/C11H14FNO/c1-11(14)7-13(8-11)6-9-2-4-10(12)5-3-9/h2-5,14H,6-8H2,1H3. The van der Waals surface area contributed by atoms with Crippen LogP contribution in [0.3, 0.4) is 0 Å². The summed E-state index contributed by atoms with van der Waals surface area (Å²) in [5.41, 5.74) is 0.557. The lowest BCUT2D eigenvalue weighted by Gasteiger charge is -2.44. The molecule has 0 spiro atoms. The van der Waals surface area contributed by atoms with Gasteiger partial charge in [-0.25, -0.2) is 4.39 Å². The van der Waals surface area contributed by atoms with E-state index in [0.29, 0.717) is 13.1 Å². The van der Waals surface area contributed by atoms with Gasteiger partial charge in [0.05, 0.1) is 5.60 Å². The van der Waals surface area contributed by atoms with E-state index in [2.05, 4.69) is 4.90 Å². The molecule has 1 heterocycles. The Bertz CT molecular complexity index is 313. The fraction of sp³-hybridized carbons (Fsp3) is 0.455. The van der Waals surface area contributed by atoms with E-state index in [9.17, 15) is 9.50 Å². The first-order valence-corrected chi connectivity index (χ1v) is 4.74. The molecule has 0 radical (unpaired) electrons. The predicted molar refractivity (Wildman–Crippen MR) is 52.3 cm³/mol. The molecule has 1 aliphatic rings. The summed E-state index contributed by atoms with van der Waals surface area (Å²) >= 11 is 0. The molecule has 0 saturated carbocycles. The molecular formula is C11H14FNO. The van der Waals surface area contributed by atoms with Gasteiger partial charge in [0.1, 0.15) is 5.82 Å². The van der Waals surface area contributed by atoms with Crippen LogP contribution in [0, 0.1) is 5.82 Å². The van der Waals surface area contributed by atoms with Crippen LogP contribution in [0.1, 0.15) is 12.5 Å². The Kier molecular flexibility index (Phi) is 2.29. The normalized spacial score (nSPS) is 20.5. The highest BCUT2D eigenvalue weighted by Crippen LogP contribution is 2.21. The maximum atomic E-state index is 12.6. The summed E-state index contributed by atoms with van der Waals surface area (Å²) in [4.78, 5) is 2.13. The molecule has 3 heteroatoms. The SMILES string of the molecule is CC1(O)CN(Cc2ccc(F)cc2)C1. The van der Waals surface area contributed by atoms with E-state index in [1.165, 1.54) is 12.1 Å². The molecule has 1 aliphatic heterocycles. The van der Waals surface area contributed by atoms with E-state index in [0.717, 1.165) is 12.1 Å². The van der Waals surface area contributed by atoms with Gasteiger partial charge in [-0.1, -0.05) is 12.1 Å². The van der Waals surface area contributed by atoms with Crippen molar-refractivity contribution in [3.05, 3.63) is 35.6 Å². The van der Waals surface area contributed by atoms with Crippen molar-refractivity contribution in [1.82, 2.24) is 4.90 Å². The third-order valence-corrected chi connectivity index (χ3v) is 2.45. The summed E-state index contributed by atoms with van der Waals surface area (Å²) in [5.74, 6) is -0.204. The number of hydrogen-bond acceptors (Lipinski definition) is 2. The molecule has 1 aromatic rings. The van der Waals surface area contributed by atoms with Gasteiger partial charge >= 0.3 is 0 Å². The van der Waals surface area contributed by atoms with Crippen LogP contribution in [-0.2, 0) is 6.54 Å². The third-order valence-electron chi connectivity index (χ3n) is 2.45. The lowest BCUT2D eigenvalue weighted by Crippen LogP contribution is -2.59. The Hall–Kier alpha value is -0.930. The predicted octanol–water partition coefficient (Wildman–Crippen LogP) is 1.39. The molecule has 0 unspecified atom stereocenters. The topological polar surface area (TPSA) is 23.5 Å². The van der Waals surface area contributed by atoms with Crippen LogP contribution in [0.4, 0.5) is 4.39 Å². The second-order valence-electron chi connectivity index (χ2n) is 4.27. The molecule has 0 aliphatic carbocycles. The molecule has 0 atom stereocenters. The van der Waals surface area contributed by atoms with Gasteiger partial charge in [-0.3, -0.25) is 4.90 Å². The molecule has 0 amide bonds. The molecule has 0 bridgehead atoms. The maximum Gasteiger partial charge on any atom is 0.123 e. The minimum absolute atomic E-state index is 0.204. The van der Waals surface area contributed by atoms with Crippen LogP contribution in [0.25, 0.3) is 0 Å². The molecule has 14 heavy (non-hydrogen) atoms. The molecule has 2 rings (SSSR count). The zero-order valence-electron chi connectivity index (χ0n) is 8.20. The van der Waals surface area contributed by atoms with E-state index in [1.54, 1.807) is 12.1 Å². The molecule has 1 saturated heterocycles. The van der Waals surface area contributed by atoms with E-state index in [1.807, 2.05) is 6.92 Å². The van der Waals surface area contributed by atoms with E-state index in [-0.39, 0.29) is 5.82 Å². The average molecular weight is 195 g/mol. The summed E-state index contributed by atoms with van der Waals surface area (Å²) in [5, 5.41) is 9.50. The van der Waals surface area contributed by atoms with Crippen LogP contribution >= 0.6 is 0 Å². The van der Waals surface area contributed by atoms with Crippen molar-refractivity contribution in [1.29, 1.82) is 0 Å². The molecule has 2 nitrogen and oxygen atoms in total. The van der Waals surface area contributed by atoms with Crippen LogP contribution in [0.2, 0.25) is 0 Å². The summed E-state index contributed by atoms with van der Waals surface area (Å²) in [6, 6.07) is 6.49. The third kappa shape index (κ3) is 2.11. The van der Waals surface area contributed by atoms with Gasteiger partial charge in [0.15, 0.2) is 0 Å². The molecule has 0 aromatic heterocycles. The van der Waals surface area contributed by atoms with Crippen molar-refractivity contribution in [2.45, 2.75) is 19.1 Å². The van der Waals surface area contributed by atoms with Crippen molar-refractivity contribution in [2.75, 3.05) is 13.1 Å². The van der Waals surface area contributed by atoms with Crippen LogP contribution in [0.15, 0.2) is 24.3 Å². The summed E-state index contributed by atoms with van der Waals surface area (Å²) in [6.07, 6.45) is 0. The maximum absolute atomic E-state index is 12.6. The van der Waals surface area contributed by atoms with Gasteiger partial charge in [-0.05, 0) is 24.6 Å². The minimum Gasteiger partial charge on any atom is -0.388 e. The highest BCUT2D eigenvalue weighted by molar-refractivity contribution is 5.16. The Balaban J connectivity index is 1.90. The van der Waals surface area contributed by atoms with Gasteiger partial charge in [0, 0.05) is 19.6 Å². The van der Waals surface area contributed by atoms with Crippen LogP contribution in [0.5, 0.6) is 0 Å². The highest BCUT2D eigenvalue weighted by Gasteiger charge is 2.35. The van der Waals surface area contributed by atoms with Crippen molar-refractivity contribution < 1.29 is 9.50 Å². The van der Waals surface area contributed by atoms with Gasteiger partial charge in [-0.2, -0.15) is 0 Å². The first-order chi connectivity index (χ1) is 6.55. The fourth-order valence-corrected chi connectivity index (χ4v) is 1.88. The van der Waals surface area contributed by atoms with Gasteiger partial charge in [0.25, 0.3) is 0 Å². The fourth-order valence-electron chi connectivity index (χ4n) is 1.88. The Morgan fingerprint density at radius 2 is 1.93 bits per heavy atom. The zero-order valence-corrected chi connectivity index (χ0v) is 8.20. The lowest BCUT2D eigenvalue weighted by molar-refractivity contribution is -0.0871. The number of hydrogen-bond donors (Lipinski definition) is 1. The van der Waals surface area contributed by atoms with Crippen molar-refractivity contribution >= 4 is 0 Å². The van der Waals surface area contributed by atoms with Gasteiger partial charge < -0.3 is 5.11 Å². The Morgan fingerprint density at radius 1 is 1.36 bits per heavy atom. The summed E-state index contributed by atoms with van der Waals surface area (Å²) in [7, 11) is 0.